The molecular weight excluding hydrogens is 244 g/mol. The van der Waals surface area contributed by atoms with Gasteiger partial charge in [0, 0.05) is 25.8 Å². The van der Waals surface area contributed by atoms with Crippen molar-refractivity contribution in [2.75, 3.05) is 33.0 Å². The van der Waals surface area contributed by atoms with Crippen LogP contribution in [0.4, 0.5) is 5.69 Å². The first-order chi connectivity index (χ1) is 9.11. The number of likely N-dealkylation sites (N-methyl/N-ethyl adjacent to an activating group) is 1. The van der Waals surface area contributed by atoms with Crippen LogP contribution in [0.1, 0.15) is 23.2 Å². The molecule has 104 valence electrons. The molecule has 1 saturated heterocycles. The van der Waals surface area contributed by atoms with Crippen molar-refractivity contribution in [3.8, 4) is 5.75 Å². The molecule has 1 unspecified atom stereocenters. The smallest absolute Gasteiger partial charge is 0.253 e. The van der Waals surface area contributed by atoms with Gasteiger partial charge in [-0.3, -0.25) is 4.79 Å². The van der Waals surface area contributed by atoms with Crippen LogP contribution in [0.5, 0.6) is 5.75 Å². The number of benzene rings is 1. The minimum atomic E-state index is -0.0511. The number of amides is 1. The van der Waals surface area contributed by atoms with Crippen LogP contribution in [0.3, 0.4) is 0 Å². The molecule has 0 aliphatic carbocycles. The molecule has 1 aromatic carbocycles. The lowest BCUT2D eigenvalue weighted by atomic mass is 10.1. The minimum absolute atomic E-state index is 0.0511. The van der Waals surface area contributed by atoms with Gasteiger partial charge in [0.1, 0.15) is 5.75 Å². The molecule has 2 N–H and O–H groups in total. The van der Waals surface area contributed by atoms with Crippen LogP contribution in [0.2, 0.25) is 0 Å². The fraction of sp³-hybridized carbons (Fsp3) is 0.500. The van der Waals surface area contributed by atoms with Gasteiger partial charge >= 0.3 is 0 Å². The first-order valence-corrected chi connectivity index (χ1v) is 6.42. The summed E-state index contributed by atoms with van der Waals surface area (Å²) in [6.07, 6.45) is 2.24. The predicted molar refractivity (Wildman–Crippen MR) is 73.3 cm³/mol. The highest BCUT2D eigenvalue weighted by atomic mass is 16.5. The normalized spacial score (nSPS) is 18.3. The number of nitrogen functional groups attached to an aromatic ring is 1. The zero-order chi connectivity index (χ0) is 13.8. The molecule has 1 aromatic rings. The van der Waals surface area contributed by atoms with Crippen LogP contribution in [0, 0.1) is 0 Å². The third kappa shape index (κ3) is 3.17. The van der Waals surface area contributed by atoms with Crippen molar-refractivity contribution in [2.24, 2.45) is 0 Å². The number of nitrogens with zero attached hydrogens (tertiary/aromatic N) is 1. The molecule has 1 amide bonds. The predicted octanol–water partition coefficient (Wildman–Crippen LogP) is 1.53. The highest BCUT2D eigenvalue weighted by Gasteiger charge is 2.21. The van der Waals surface area contributed by atoms with Crippen molar-refractivity contribution in [3.05, 3.63) is 23.8 Å². The number of carbonyl (C=O) groups excluding carboxylic acids is 1. The van der Waals surface area contributed by atoms with Crippen molar-refractivity contribution in [1.82, 2.24) is 4.90 Å². The van der Waals surface area contributed by atoms with Crippen LogP contribution >= 0.6 is 0 Å². The summed E-state index contributed by atoms with van der Waals surface area (Å²) in [5.74, 6) is 0.531. The molecule has 1 fully saturated rings. The van der Waals surface area contributed by atoms with Crippen molar-refractivity contribution >= 4 is 11.6 Å². The maximum absolute atomic E-state index is 12.3. The maximum Gasteiger partial charge on any atom is 0.253 e. The van der Waals surface area contributed by atoms with Crippen molar-refractivity contribution in [2.45, 2.75) is 18.9 Å². The van der Waals surface area contributed by atoms with Gasteiger partial charge in [0.2, 0.25) is 0 Å². The lowest BCUT2D eigenvalue weighted by molar-refractivity contribution is 0.0587. The van der Waals surface area contributed by atoms with Crippen LogP contribution in [-0.2, 0) is 4.74 Å². The second kappa shape index (κ2) is 5.93. The second-order valence-electron chi connectivity index (χ2n) is 4.78. The number of nitrogens with two attached hydrogens (primary N) is 1. The number of carbonyl (C=O) groups is 1. The van der Waals surface area contributed by atoms with Gasteiger partial charge in [0.25, 0.3) is 5.91 Å². The third-order valence-corrected chi connectivity index (χ3v) is 3.32. The Kier molecular flexibility index (Phi) is 4.27. The first-order valence-electron chi connectivity index (χ1n) is 6.42. The first kappa shape index (κ1) is 13.7. The number of rotatable bonds is 4. The zero-order valence-corrected chi connectivity index (χ0v) is 11.4. The van der Waals surface area contributed by atoms with Crippen LogP contribution in [0.15, 0.2) is 18.2 Å². The molecule has 1 atom stereocenters. The molecule has 5 heteroatoms. The minimum Gasteiger partial charge on any atom is -0.495 e. The summed E-state index contributed by atoms with van der Waals surface area (Å²) in [6.45, 7) is 1.41. The van der Waals surface area contributed by atoms with Gasteiger partial charge in [0.05, 0.1) is 18.9 Å². The highest BCUT2D eigenvalue weighted by Crippen LogP contribution is 2.23. The van der Waals surface area contributed by atoms with E-state index in [2.05, 4.69) is 0 Å². The molecule has 0 radical (unpaired) electrons. The molecule has 0 saturated carbocycles. The zero-order valence-electron chi connectivity index (χ0n) is 11.4. The Morgan fingerprint density at radius 2 is 2.37 bits per heavy atom. The van der Waals surface area contributed by atoms with Crippen molar-refractivity contribution < 1.29 is 14.3 Å². The molecular formula is C14H20N2O3. The van der Waals surface area contributed by atoms with E-state index in [-0.39, 0.29) is 12.0 Å². The number of hydrogen-bond acceptors (Lipinski definition) is 4. The number of ether oxygens (including phenoxy) is 2. The SMILES string of the molecule is COc1ccc(C(=O)N(C)CC2CCCO2)cc1N. The average molecular weight is 264 g/mol. The summed E-state index contributed by atoms with van der Waals surface area (Å²) in [7, 11) is 3.33. The van der Waals surface area contributed by atoms with Gasteiger partial charge in [-0.05, 0) is 31.0 Å². The van der Waals surface area contributed by atoms with E-state index in [0.29, 0.717) is 23.5 Å². The van der Waals surface area contributed by atoms with E-state index >= 15 is 0 Å². The Morgan fingerprint density at radius 1 is 1.58 bits per heavy atom. The highest BCUT2D eigenvalue weighted by molar-refractivity contribution is 5.95. The van der Waals surface area contributed by atoms with Gasteiger partial charge in [-0.2, -0.15) is 0 Å². The number of methoxy groups -OCH3 is 1. The monoisotopic (exact) mass is 264 g/mol. The van der Waals surface area contributed by atoms with E-state index in [1.54, 1.807) is 37.3 Å². The van der Waals surface area contributed by atoms with E-state index in [1.165, 1.54) is 0 Å². The molecule has 0 aromatic heterocycles. The molecule has 1 aliphatic rings. The second-order valence-corrected chi connectivity index (χ2v) is 4.78. The Morgan fingerprint density at radius 3 is 2.95 bits per heavy atom. The largest absolute Gasteiger partial charge is 0.495 e. The van der Waals surface area contributed by atoms with Crippen molar-refractivity contribution in [3.63, 3.8) is 0 Å². The maximum atomic E-state index is 12.3. The van der Waals surface area contributed by atoms with Gasteiger partial charge < -0.3 is 20.1 Å². The molecule has 0 spiro atoms. The summed E-state index contributed by atoms with van der Waals surface area (Å²) in [5.41, 5.74) is 6.85. The number of anilines is 1. The Balaban J connectivity index is 2.03. The Labute approximate surface area is 113 Å². The number of hydrogen-bond donors (Lipinski definition) is 1. The Hall–Kier alpha value is -1.75. The van der Waals surface area contributed by atoms with E-state index in [4.69, 9.17) is 15.2 Å². The van der Waals surface area contributed by atoms with Gasteiger partial charge in [-0.15, -0.1) is 0 Å². The molecule has 2 rings (SSSR count). The van der Waals surface area contributed by atoms with Crippen LogP contribution in [0.25, 0.3) is 0 Å². The van der Waals surface area contributed by atoms with E-state index in [9.17, 15) is 4.79 Å². The van der Waals surface area contributed by atoms with Gasteiger partial charge in [-0.1, -0.05) is 0 Å². The summed E-state index contributed by atoms with van der Waals surface area (Å²) in [6, 6.07) is 5.08. The van der Waals surface area contributed by atoms with Crippen LogP contribution in [-0.4, -0.2) is 44.2 Å². The topological polar surface area (TPSA) is 64.8 Å². The summed E-state index contributed by atoms with van der Waals surface area (Å²) in [4.78, 5) is 13.9. The third-order valence-electron chi connectivity index (χ3n) is 3.32. The fourth-order valence-electron chi connectivity index (χ4n) is 2.26. The van der Waals surface area contributed by atoms with Crippen LogP contribution < -0.4 is 10.5 Å². The van der Waals surface area contributed by atoms with E-state index in [0.717, 1.165) is 19.4 Å². The standard InChI is InChI=1S/C14H20N2O3/c1-16(9-11-4-3-7-19-11)14(17)10-5-6-13(18-2)12(15)8-10/h5-6,8,11H,3-4,7,9,15H2,1-2H3. The summed E-state index contributed by atoms with van der Waals surface area (Å²) in [5, 5.41) is 0. The van der Waals surface area contributed by atoms with Crippen molar-refractivity contribution in [1.29, 1.82) is 0 Å². The lowest BCUT2D eigenvalue weighted by Gasteiger charge is -2.21. The average Bonchev–Trinajstić information content (AvgIpc) is 2.90. The quantitative estimate of drug-likeness (QED) is 0.838. The molecule has 1 aliphatic heterocycles. The molecule has 19 heavy (non-hydrogen) atoms. The Bertz CT molecular complexity index is 456. The molecule has 0 bridgehead atoms. The van der Waals surface area contributed by atoms with E-state index < -0.39 is 0 Å². The van der Waals surface area contributed by atoms with E-state index in [1.807, 2.05) is 0 Å². The molecule has 5 nitrogen and oxygen atoms in total. The lowest BCUT2D eigenvalue weighted by Crippen LogP contribution is -2.34. The van der Waals surface area contributed by atoms with Gasteiger partial charge in [-0.25, -0.2) is 0 Å². The fourth-order valence-corrected chi connectivity index (χ4v) is 2.26. The summed E-state index contributed by atoms with van der Waals surface area (Å²) < 4.78 is 10.6. The molecule has 1 heterocycles. The van der Waals surface area contributed by atoms with Gasteiger partial charge in [0.15, 0.2) is 0 Å². The summed E-state index contributed by atoms with van der Waals surface area (Å²) >= 11 is 0.